The van der Waals surface area contributed by atoms with Gasteiger partial charge in [0.05, 0.1) is 11.4 Å². The molecule has 1 amide bonds. The molecule has 1 heterocycles. The lowest BCUT2D eigenvalue weighted by molar-refractivity contribution is -0.139. The first-order valence-corrected chi connectivity index (χ1v) is 10.2. The van der Waals surface area contributed by atoms with E-state index in [9.17, 15) is 14.0 Å². The van der Waals surface area contributed by atoms with E-state index in [0.29, 0.717) is 21.7 Å². The van der Waals surface area contributed by atoms with Crippen LogP contribution in [0.25, 0.3) is 10.1 Å². The number of carboxylic acids is 1. The van der Waals surface area contributed by atoms with Crippen molar-refractivity contribution < 1.29 is 19.1 Å². The molecule has 0 unspecified atom stereocenters. The van der Waals surface area contributed by atoms with E-state index < -0.39 is 5.97 Å². The van der Waals surface area contributed by atoms with Crippen LogP contribution >= 0.6 is 11.3 Å². The van der Waals surface area contributed by atoms with E-state index >= 15 is 0 Å². The number of hydrogen-bond donors (Lipinski definition) is 2. The maximum atomic E-state index is 14.0. The highest BCUT2D eigenvalue weighted by Crippen LogP contribution is 2.35. The Kier molecular flexibility index (Phi) is 4.90. The third-order valence-electron chi connectivity index (χ3n) is 5.60. The van der Waals surface area contributed by atoms with E-state index in [4.69, 9.17) is 5.11 Å². The van der Waals surface area contributed by atoms with Crippen molar-refractivity contribution >= 4 is 33.3 Å². The van der Waals surface area contributed by atoms with Gasteiger partial charge in [0.1, 0.15) is 5.82 Å². The van der Waals surface area contributed by atoms with E-state index in [2.05, 4.69) is 5.32 Å². The Morgan fingerprint density at radius 2 is 2.07 bits per heavy atom. The van der Waals surface area contributed by atoms with Crippen LogP contribution in [-0.2, 0) is 4.79 Å². The molecule has 7 heteroatoms. The molecule has 144 valence electrons. The van der Waals surface area contributed by atoms with Crippen molar-refractivity contribution in [3.63, 3.8) is 0 Å². The summed E-state index contributed by atoms with van der Waals surface area (Å²) in [5.74, 6) is -0.628. The van der Waals surface area contributed by atoms with Gasteiger partial charge >= 0.3 is 5.97 Å². The average Bonchev–Trinajstić information content (AvgIpc) is 3.31. The molecule has 4 rings (SSSR count). The van der Waals surface area contributed by atoms with E-state index in [-0.39, 0.29) is 30.4 Å². The van der Waals surface area contributed by atoms with Crippen molar-refractivity contribution in [3.05, 3.63) is 34.5 Å². The van der Waals surface area contributed by atoms with Crippen molar-refractivity contribution in [3.8, 4) is 0 Å². The van der Waals surface area contributed by atoms with Crippen molar-refractivity contribution in [1.82, 2.24) is 10.2 Å². The van der Waals surface area contributed by atoms with Crippen molar-refractivity contribution in [1.29, 1.82) is 0 Å². The summed E-state index contributed by atoms with van der Waals surface area (Å²) in [4.78, 5) is 26.4. The molecule has 1 aromatic heterocycles. The zero-order valence-electron chi connectivity index (χ0n) is 15.2. The Labute approximate surface area is 161 Å². The summed E-state index contributed by atoms with van der Waals surface area (Å²) in [6.07, 6.45) is 3.91. The molecule has 0 aliphatic heterocycles. The molecule has 2 N–H and O–H groups in total. The van der Waals surface area contributed by atoms with Crippen LogP contribution in [0.1, 0.15) is 40.9 Å². The van der Waals surface area contributed by atoms with E-state index in [1.165, 1.54) is 30.2 Å². The summed E-state index contributed by atoms with van der Waals surface area (Å²) in [6, 6.07) is 5.16. The maximum Gasteiger partial charge on any atom is 0.317 e. The molecular weight excluding hydrogens is 367 g/mol. The Morgan fingerprint density at radius 1 is 1.33 bits per heavy atom. The first-order chi connectivity index (χ1) is 12.9. The van der Waals surface area contributed by atoms with Gasteiger partial charge in [0.25, 0.3) is 5.91 Å². The summed E-state index contributed by atoms with van der Waals surface area (Å²) in [6.45, 7) is 2.69. The van der Waals surface area contributed by atoms with Crippen molar-refractivity contribution in [2.75, 3.05) is 13.1 Å². The number of carbonyl (C=O) groups excluding carboxylic acids is 1. The smallest absolute Gasteiger partial charge is 0.317 e. The minimum Gasteiger partial charge on any atom is -0.480 e. The first kappa shape index (κ1) is 18.4. The number of nitrogens with one attached hydrogen (secondary N) is 1. The quantitative estimate of drug-likeness (QED) is 0.760. The Morgan fingerprint density at radius 3 is 2.70 bits per heavy atom. The van der Waals surface area contributed by atoms with Gasteiger partial charge in [-0.2, -0.15) is 0 Å². The third kappa shape index (κ3) is 3.84. The topological polar surface area (TPSA) is 69.6 Å². The second kappa shape index (κ2) is 7.20. The minimum atomic E-state index is -0.800. The van der Waals surface area contributed by atoms with Gasteiger partial charge in [-0.1, -0.05) is 6.07 Å². The van der Waals surface area contributed by atoms with E-state index in [1.807, 2.05) is 11.0 Å². The average molecular weight is 390 g/mol. The molecule has 2 saturated carbocycles. The predicted octanol–water partition coefficient (Wildman–Crippen LogP) is 3.41. The van der Waals surface area contributed by atoms with Gasteiger partial charge in [0.2, 0.25) is 0 Å². The lowest BCUT2D eigenvalue weighted by Gasteiger charge is -2.42. The highest BCUT2D eigenvalue weighted by Gasteiger charge is 2.38. The van der Waals surface area contributed by atoms with Gasteiger partial charge in [-0.05, 0) is 56.2 Å². The summed E-state index contributed by atoms with van der Waals surface area (Å²) in [5, 5.41) is 12.7. The number of benzene rings is 1. The van der Waals surface area contributed by atoms with Gasteiger partial charge in [-0.15, -0.1) is 11.3 Å². The summed E-state index contributed by atoms with van der Waals surface area (Å²) in [7, 11) is 0. The predicted molar refractivity (Wildman–Crippen MR) is 103 cm³/mol. The normalized spacial score (nSPS) is 22.0. The van der Waals surface area contributed by atoms with Crippen LogP contribution in [-0.4, -0.2) is 47.1 Å². The molecule has 0 bridgehead atoms. The lowest BCUT2D eigenvalue weighted by Crippen LogP contribution is -2.55. The zero-order chi connectivity index (χ0) is 19.1. The van der Waals surface area contributed by atoms with Crippen LogP contribution in [0.3, 0.4) is 0 Å². The van der Waals surface area contributed by atoms with Crippen LogP contribution in [0, 0.1) is 18.7 Å². The lowest BCUT2D eigenvalue weighted by atomic mass is 9.85. The SMILES string of the molecule is Cc1c(C(=O)NC2CC(N(CC(=O)O)CC3CC3)C2)sc2cccc(F)c12. The number of amides is 1. The number of aryl methyl sites for hydroxylation is 1. The van der Waals surface area contributed by atoms with Gasteiger partial charge in [0.15, 0.2) is 0 Å². The van der Waals surface area contributed by atoms with Crippen LogP contribution in [0.2, 0.25) is 0 Å². The Bertz CT molecular complexity index is 887. The third-order valence-corrected chi connectivity index (χ3v) is 6.86. The fourth-order valence-electron chi connectivity index (χ4n) is 3.87. The highest BCUT2D eigenvalue weighted by atomic mass is 32.1. The minimum absolute atomic E-state index is 0.0486. The Balaban J connectivity index is 1.38. The van der Waals surface area contributed by atoms with Gasteiger partial charge in [-0.25, -0.2) is 4.39 Å². The molecule has 0 spiro atoms. The molecule has 2 aromatic rings. The van der Waals surface area contributed by atoms with Crippen molar-refractivity contribution in [2.24, 2.45) is 5.92 Å². The van der Waals surface area contributed by atoms with Crippen LogP contribution in [0.4, 0.5) is 4.39 Å². The van der Waals surface area contributed by atoms with Crippen LogP contribution < -0.4 is 5.32 Å². The van der Waals surface area contributed by atoms with Crippen molar-refractivity contribution in [2.45, 2.75) is 44.7 Å². The second-order valence-corrected chi connectivity index (χ2v) is 8.78. The molecular formula is C20H23FN2O3S. The molecule has 0 saturated heterocycles. The monoisotopic (exact) mass is 390 g/mol. The van der Waals surface area contributed by atoms with Crippen LogP contribution in [0.15, 0.2) is 18.2 Å². The maximum absolute atomic E-state index is 14.0. The van der Waals surface area contributed by atoms with Crippen LogP contribution in [0.5, 0.6) is 0 Å². The Hall–Kier alpha value is -1.99. The van der Waals surface area contributed by atoms with E-state index in [1.54, 1.807) is 13.0 Å². The zero-order valence-corrected chi connectivity index (χ0v) is 16.0. The number of rotatable bonds is 7. The standard InChI is InChI=1S/C20H23FN2O3S/c1-11-18-15(21)3-2-4-16(18)27-19(11)20(26)22-13-7-14(8-13)23(10-17(24)25)9-12-5-6-12/h2-4,12-14H,5-10H2,1H3,(H,22,26)(H,24,25). The fraction of sp³-hybridized carbons (Fsp3) is 0.500. The number of nitrogens with zero attached hydrogens (tertiary/aromatic N) is 1. The number of carboxylic acid groups (broad SMARTS) is 1. The summed E-state index contributed by atoms with van der Waals surface area (Å²) < 4.78 is 14.8. The number of thiophene rings is 1. The van der Waals surface area contributed by atoms with Gasteiger partial charge in [0, 0.05) is 28.7 Å². The number of aliphatic carboxylic acids is 1. The molecule has 0 atom stereocenters. The largest absolute Gasteiger partial charge is 0.480 e. The summed E-state index contributed by atoms with van der Waals surface area (Å²) >= 11 is 1.31. The molecule has 2 aliphatic rings. The number of halogens is 1. The van der Waals surface area contributed by atoms with Gasteiger partial charge < -0.3 is 10.4 Å². The number of fused-ring (bicyclic) bond motifs is 1. The summed E-state index contributed by atoms with van der Waals surface area (Å²) in [5.41, 5.74) is 0.683. The molecule has 2 aliphatic carbocycles. The molecule has 5 nitrogen and oxygen atoms in total. The van der Waals surface area contributed by atoms with Gasteiger partial charge in [-0.3, -0.25) is 14.5 Å². The molecule has 0 radical (unpaired) electrons. The number of carbonyl (C=O) groups is 2. The fourth-order valence-corrected chi connectivity index (χ4v) is 5.00. The first-order valence-electron chi connectivity index (χ1n) is 9.36. The second-order valence-electron chi connectivity index (χ2n) is 7.73. The van der Waals surface area contributed by atoms with E-state index in [0.717, 1.165) is 24.1 Å². The highest BCUT2D eigenvalue weighted by molar-refractivity contribution is 7.21. The molecule has 2 fully saturated rings. The molecule has 1 aromatic carbocycles. The molecule has 27 heavy (non-hydrogen) atoms. The number of hydrogen-bond acceptors (Lipinski definition) is 4.